The minimum atomic E-state index is -4.52. The van der Waals surface area contributed by atoms with Crippen molar-refractivity contribution in [3.63, 3.8) is 0 Å². The summed E-state index contributed by atoms with van der Waals surface area (Å²) in [5, 5.41) is 2.91. The lowest BCUT2D eigenvalue weighted by molar-refractivity contribution is -0.145. The molecule has 5 rings (SSSR count). The lowest BCUT2D eigenvalue weighted by Crippen LogP contribution is -2.68. The Bertz CT molecular complexity index is 864. The van der Waals surface area contributed by atoms with Crippen LogP contribution in [0.3, 0.4) is 0 Å². The second kappa shape index (κ2) is 7.32. The Morgan fingerprint density at radius 2 is 1.94 bits per heavy atom. The fraction of sp³-hybridized carbons (Fsp3) is 0.700. The highest BCUT2D eigenvalue weighted by Crippen LogP contribution is 2.53. The van der Waals surface area contributed by atoms with Crippen LogP contribution in [0.15, 0.2) is 12.4 Å². The van der Waals surface area contributed by atoms with Crippen LogP contribution in [-0.2, 0) is 22.1 Å². The smallest absolute Gasteiger partial charge is 0.366 e. The first-order chi connectivity index (χ1) is 14.7. The zero-order valence-electron chi connectivity index (χ0n) is 16.9. The molecule has 168 valence electrons. The summed E-state index contributed by atoms with van der Waals surface area (Å²) < 4.78 is 43.2. The topological polar surface area (TPSA) is 87.7 Å². The van der Waals surface area contributed by atoms with E-state index < -0.39 is 12.0 Å². The zero-order chi connectivity index (χ0) is 21.8. The molecule has 0 bridgehead atoms. The number of urea groups is 1. The van der Waals surface area contributed by atoms with E-state index in [9.17, 15) is 22.8 Å². The molecule has 3 aliphatic heterocycles. The number of carbonyl (C=O) groups is 2. The van der Waals surface area contributed by atoms with Gasteiger partial charge in [0.15, 0.2) is 0 Å². The Balaban J connectivity index is 1.08. The first-order valence-corrected chi connectivity index (χ1v) is 10.5. The Hall–Kier alpha value is -2.43. The van der Waals surface area contributed by atoms with Crippen molar-refractivity contribution in [3.05, 3.63) is 23.8 Å². The fourth-order valence-corrected chi connectivity index (χ4v) is 5.48. The van der Waals surface area contributed by atoms with Crippen molar-refractivity contribution in [2.24, 2.45) is 11.3 Å². The molecule has 8 nitrogen and oxygen atoms in total. The predicted octanol–water partition coefficient (Wildman–Crippen LogP) is 1.46. The van der Waals surface area contributed by atoms with Gasteiger partial charge in [0.25, 0.3) is 0 Å². The number of halogens is 3. The molecule has 0 radical (unpaired) electrons. The number of nitrogens with zero attached hydrogens (tertiary/aromatic N) is 4. The molecule has 3 amide bonds. The number of ether oxygens (including phenoxy) is 1. The van der Waals surface area contributed by atoms with E-state index in [1.54, 1.807) is 4.90 Å². The standard InChI is InChI=1S/C20H24F3N5O3/c21-20(22,23)17-24-6-13(7-25-17)3-12-4-19(5-12)10-28(11-19)18(30)27-2-1-15-14(8-27)26-16(29)9-31-15/h6-7,12,14-15H,1-5,8-11H2,(H,26,29)/t14-,15+/m1/s1. The number of aromatic nitrogens is 2. The van der Waals surface area contributed by atoms with Crippen LogP contribution in [0.25, 0.3) is 0 Å². The van der Waals surface area contributed by atoms with E-state index in [4.69, 9.17) is 4.74 Å². The number of fused-ring (bicyclic) bond motifs is 1. The van der Waals surface area contributed by atoms with Crippen LogP contribution in [0.2, 0.25) is 0 Å². The third-order valence-corrected chi connectivity index (χ3v) is 6.84. The molecule has 31 heavy (non-hydrogen) atoms. The highest BCUT2D eigenvalue weighted by molar-refractivity contribution is 5.79. The second-order valence-corrected chi connectivity index (χ2v) is 9.29. The average Bonchev–Trinajstić information content (AvgIpc) is 2.67. The molecule has 4 aliphatic rings. The Labute approximate surface area is 177 Å². The van der Waals surface area contributed by atoms with Gasteiger partial charge in [0.1, 0.15) is 6.61 Å². The van der Waals surface area contributed by atoms with Crippen LogP contribution < -0.4 is 5.32 Å². The number of hydrogen-bond donors (Lipinski definition) is 1. The van der Waals surface area contributed by atoms with Crippen molar-refractivity contribution in [2.75, 3.05) is 32.8 Å². The minimum absolute atomic E-state index is 0.00323. The summed E-state index contributed by atoms with van der Waals surface area (Å²) in [6, 6.07) is -0.142. The molecule has 1 aliphatic carbocycles. The van der Waals surface area contributed by atoms with Gasteiger partial charge in [0, 0.05) is 44.0 Å². The number of morpholine rings is 1. The van der Waals surface area contributed by atoms with Crippen LogP contribution in [0.1, 0.15) is 30.7 Å². The van der Waals surface area contributed by atoms with Gasteiger partial charge < -0.3 is 19.9 Å². The average molecular weight is 439 g/mol. The Kier molecular flexibility index (Phi) is 4.83. The van der Waals surface area contributed by atoms with Gasteiger partial charge in [-0.1, -0.05) is 0 Å². The van der Waals surface area contributed by atoms with Crippen molar-refractivity contribution < 1.29 is 27.5 Å². The first-order valence-electron chi connectivity index (χ1n) is 10.5. The van der Waals surface area contributed by atoms with Crippen LogP contribution in [0.4, 0.5) is 18.0 Å². The van der Waals surface area contributed by atoms with Gasteiger partial charge in [-0.15, -0.1) is 0 Å². The number of nitrogens with one attached hydrogen (secondary N) is 1. The van der Waals surface area contributed by atoms with Crippen LogP contribution in [0, 0.1) is 11.3 Å². The highest BCUT2D eigenvalue weighted by atomic mass is 19.4. The molecular weight excluding hydrogens is 415 g/mol. The van der Waals surface area contributed by atoms with Crippen molar-refractivity contribution in [2.45, 2.75) is 44.0 Å². The number of alkyl halides is 3. The first kappa shape index (κ1) is 20.5. The third kappa shape index (κ3) is 3.95. The maximum Gasteiger partial charge on any atom is 0.451 e. The molecule has 11 heteroatoms. The van der Waals surface area contributed by atoms with E-state index >= 15 is 0 Å². The summed E-state index contributed by atoms with van der Waals surface area (Å²) in [6.45, 7) is 2.59. The van der Waals surface area contributed by atoms with Gasteiger partial charge in [-0.3, -0.25) is 4.79 Å². The summed E-state index contributed by atoms with van der Waals surface area (Å²) in [4.78, 5) is 34.9. The van der Waals surface area contributed by atoms with Gasteiger partial charge in [-0.2, -0.15) is 13.2 Å². The van der Waals surface area contributed by atoms with Crippen molar-refractivity contribution in [1.82, 2.24) is 25.1 Å². The number of amides is 3. The number of carbonyl (C=O) groups excluding carboxylic acids is 2. The van der Waals surface area contributed by atoms with Gasteiger partial charge >= 0.3 is 12.2 Å². The summed E-state index contributed by atoms with van der Waals surface area (Å²) in [7, 11) is 0. The lowest BCUT2D eigenvalue weighted by atomic mass is 9.56. The molecule has 2 atom stereocenters. The Morgan fingerprint density at radius 3 is 2.61 bits per heavy atom. The predicted molar refractivity (Wildman–Crippen MR) is 101 cm³/mol. The number of piperidine rings is 1. The van der Waals surface area contributed by atoms with E-state index in [1.165, 1.54) is 12.4 Å². The summed E-state index contributed by atoms with van der Waals surface area (Å²) in [5.74, 6) is -0.877. The molecule has 1 N–H and O–H groups in total. The molecule has 0 unspecified atom stereocenters. The maximum absolute atomic E-state index is 12.8. The van der Waals surface area contributed by atoms with Crippen LogP contribution >= 0.6 is 0 Å². The van der Waals surface area contributed by atoms with Gasteiger partial charge in [0.2, 0.25) is 11.7 Å². The summed E-state index contributed by atoms with van der Waals surface area (Å²) in [5.41, 5.74) is 0.841. The normalized spacial score (nSPS) is 27.9. The van der Waals surface area contributed by atoms with E-state index in [0.29, 0.717) is 50.5 Å². The summed E-state index contributed by atoms with van der Waals surface area (Å²) in [6.07, 6.45) is 1.25. The zero-order valence-corrected chi connectivity index (χ0v) is 16.9. The molecule has 0 aromatic carbocycles. The van der Waals surface area contributed by atoms with Gasteiger partial charge in [0.05, 0.1) is 12.1 Å². The van der Waals surface area contributed by atoms with Crippen LogP contribution in [-0.4, -0.2) is 76.6 Å². The minimum Gasteiger partial charge on any atom is -0.366 e. The van der Waals surface area contributed by atoms with E-state index in [1.807, 2.05) is 4.90 Å². The quantitative estimate of drug-likeness (QED) is 0.754. The molecule has 1 saturated carbocycles. The molecule has 1 aromatic rings. The number of likely N-dealkylation sites (tertiary alicyclic amines) is 2. The number of rotatable bonds is 2. The van der Waals surface area contributed by atoms with Gasteiger partial charge in [-0.25, -0.2) is 14.8 Å². The second-order valence-electron chi connectivity index (χ2n) is 9.29. The third-order valence-electron chi connectivity index (χ3n) is 6.84. The van der Waals surface area contributed by atoms with Crippen molar-refractivity contribution in [1.29, 1.82) is 0 Å². The van der Waals surface area contributed by atoms with Crippen molar-refractivity contribution in [3.8, 4) is 0 Å². The lowest BCUT2D eigenvalue weighted by Gasteiger charge is -2.60. The monoisotopic (exact) mass is 439 g/mol. The van der Waals surface area contributed by atoms with E-state index in [-0.39, 0.29) is 36.1 Å². The molecule has 3 saturated heterocycles. The molecule has 1 aromatic heterocycles. The SMILES string of the molecule is O=C1CO[C@H]2CCN(C(=O)N3CC4(CC(Cc5cnc(C(F)(F)F)nc5)C4)C3)C[C@H]2N1. The highest BCUT2D eigenvalue weighted by Gasteiger charge is 2.54. The number of hydrogen-bond acceptors (Lipinski definition) is 5. The molecular formula is C20H24F3N5O3. The summed E-state index contributed by atoms with van der Waals surface area (Å²) >= 11 is 0. The fourth-order valence-electron chi connectivity index (χ4n) is 5.48. The Morgan fingerprint density at radius 1 is 1.23 bits per heavy atom. The molecule has 4 heterocycles. The van der Waals surface area contributed by atoms with E-state index in [2.05, 4.69) is 15.3 Å². The maximum atomic E-state index is 12.8. The molecule has 1 spiro atoms. The van der Waals surface area contributed by atoms with Crippen LogP contribution in [0.5, 0.6) is 0 Å². The molecule has 4 fully saturated rings. The largest absolute Gasteiger partial charge is 0.451 e. The van der Waals surface area contributed by atoms with Crippen molar-refractivity contribution >= 4 is 11.9 Å². The van der Waals surface area contributed by atoms with Gasteiger partial charge in [-0.05, 0) is 37.2 Å². The van der Waals surface area contributed by atoms with E-state index in [0.717, 1.165) is 12.8 Å².